The quantitative estimate of drug-likeness (QED) is 0.859. The van der Waals surface area contributed by atoms with Gasteiger partial charge in [-0.2, -0.15) is 0 Å². The number of rotatable bonds is 3. The summed E-state index contributed by atoms with van der Waals surface area (Å²) in [5, 5.41) is 3.39. The topological polar surface area (TPSA) is 24.9 Å². The van der Waals surface area contributed by atoms with Gasteiger partial charge in [-0.05, 0) is 38.0 Å². The van der Waals surface area contributed by atoms with Crippen LogP contribution in [-0.2, 0) is 0 Å². The molecule has 1 aromatic carbocycles. The highest BCUT2D eigenvalue weighted by molar-refractivity contribution is 5.39. The molecule has 2 nitrogen and oxygen atoms in total. The highest BCUT2D eigenvalue weighted by Gasteiger charge is 2.05. The number of aryl methyl sites for hydroxylation is 2. The average Bonchev–Trinajstić information content (AvgIpc) is 2.33. The van der Waals surface area contributed by atoms with Gasteiger partial charge in [0.15, 0.2) is 0 Å². The van der Waals surface area contributed by atoms with Gasteiger partial charge in [0.2, 0.25) is 0 Å². The van der Waals surface area contributed by atoms with Crippen LogP contribution in [-0.4, -0.2) is 4.98 Å². The number of pyridine rings is 1. The maximum atomic E-state index is 4.35. The first-order valence-corrected chi connectivity index (χ1v) is 5.91. The van der Waals surface area contributed by atoms with E-state index >= 15 is 0 Å². The van der Waals surface area contributed by atoms with E-state index in [1.807, 2.05) is 19.2 Å². The maximum Gasteiger partial charge on any atom is 0.126 e. The Morgan fingerprint density at radius 1 is 0.941 bits per heavy atom. The van der Waals surface area contributed by atoms with Crippen LogP contribution in [0.4, 0.5) is 5.82 Å². The molecular formula is C15H18N2. The fraction of sp³-hybridized carbons (Fsp3) is 0.267. The molecule has 1 atom stereocenters. The van der Waals surface area contributed by atoms with E-state index in [9.17, 15) is 0 Å². The largest absolute Gasteiger partial charge is 0.364 e. The standard InChI is InChI=1S/C15H18N2/c1-11-4-7-14(8-5-11)13(3)17-15-9-6-12(2)10-16-15/h4-10,13H,1-3H3,(H,16,17). The Hall–Kier alpha value is -1.83. The van der Waals surface area contributed by atoms with E-state index in [1.165, 1.54) is 16.7 Å². The minimum absolute atomic E-state index is 0.269. The minimum atomic E-state index is 0.269. The van der Waals surface area contributed by atoms with Crippen molar-refractivity contribution >= 4 is 5.82 Å². The molecule has 0 aliphatic rings. The Morgan fingerprint density at radius 2 is 1.59 bits per heavy atom. The van der Waals surface area contributed by atoms with Gasteiger partial charge in [0.25, 0.3) is 0 Å². The summed E-state index contributed by atoms with van der Waals surface area (Å²) in [5.41, 5.74) is 3.74. The van der Waals surface area contributed by atoms with Crippen molar-refractivity contribution in [1.82, 2.24) is 4.98 Å². The Morgan fingerprint density at radius 3 is 2.18 bits per heavy atom. The van der Waals surface area contributed by atoms with Crippen molar-refractivity contribution in [3.05, 3.63) is 59.3 Å². The Bertz CT molecular complexity index is 471. The average molecular weight is 226 g/mol. The predicted octanol–water partition coefficient (Wildman–Crippen LogP) is 3.87. The lowest BCUT2D eigenvalue weighted by Crippen LogP contribution is -2.07. The normalized spacial score (nSPS) is 12.2. The van der Waals surface area contributed by atoms with Gasteiger partial charge in [-0.15, -0.1) is 0 Å². The molecule has 1 N–H and O–H groups in total. The van der Waals surface area contributed by atoms with E-state index in [4.69, 9.17) is 0 Å². The van der Waals surface area contributed by atoms with Crippen molar-refractivity contribution in [2.45, 2.75) is 26.8 Å². The zero-order valence-electron chi connectivity index (χ0n) is 10.6. The second kappa shape index (κ2) is 5.00. The van der Waals surface area contributed by atoms with Gasteiger partial charge < -0.3 is 5.32 Å². The molecule has 17 heavy (non-hydrogen) atoms. The molecule has 1 unspecified atom stereocenters. The number of benzene rings is 1. The molecule has 2 rings (SSSR count). The summed E-state index contributed by atoms with van der Waals surface area (Å²) in [6, 6.07) is 12.9. The first kappa shape index (κ1) is 11.6. The van der Waals surface area contributed by atoms with Gasteiger partial charge in [-0.25, -0.2) is 4.98 Å². The number of anilines is 1. The van der Waals surface area contributed by atoms with Crippen LogP contribution in [0.5, 0.6) is 0 Å². The molecule has 88 valence electrons. The first-order valence-electron chi connectivity index (χ1n) is 5.91. The lowest BCUT2D eigenvalue weighted by atomic mass is 10.1. The van der Waals surface area contributed by atoms with Crippen molar-refractivity contribution in [2.24, 2.45) is 0 Å². The molecule has 1 heterocycles. The molecule has 1 aromatic heterocycles. The van der Waals surface area contributed by atoms with E-state index in [0.717, 1.165) is 5.82 Å². The SMILES string of the molecule is Cc1ccc(C(C)Nc2ccc(C)cn2)cc1. The van der Waals surface area contributed by atoms with Crippen molar-refractivity contribution in [3.8, 4) is 0 Å². The molecule has 0 bridgehead atoms. The van der Waals surface area contributed by atoms with E-state index in [0.29, 0.717) is 0 Å². The molecule has 0 aliphatic carbocycles. The van der Waals surface area contributed by atoms with Crippen LogP contribution >= 0.6 is 0 Å². The number of hydrogen-bond acceptors (Lipinski definition) is 2. The van der Waals surface area contributed by atoms with Crippen molar-refractivity contribution in [3.63, 3.8) is 0 Å². The Balaban J connectivity index is 2.08. The van der Waals surface area contributed by atoms with Crippen LogP contribution in [0, 0.1) is 13.8 Å². The summed E-state index contributed by atoms with van der Waals surface area (Å²) in [4.78, 5) is 4.35. The summed E-state index contributed by atoms with van der Waals surface area (Å²) in [5.74, 6) is 0.920. The fourth-order valence-electron chi connectivity index (χ4n) is 1.71. The molecule has 2 aromatic rings. The lowest BCUT2D eigenvalue weighted by molar-refractivity contribution is 0.873. The van der Waals surface area contributed by atoms with Gasteiger partial charge in [-0.1, -0.05) is 35.9 Å². The number of aromatic nitrogens is 1. The minimum Gasteiger partial charge on any atom is -0.364 e. The molecule has 0 amide bonds. The van der Waals surface area contributed by atoms with Gasteiger partial charge in [0.05, 0.1) is 0 Å². The smallest absolute Gasteiger partial charge is 0.126 e. The second-order valence-corrected chi connectivity index (χ2v) is 4.50. The van der Waals surface area contributed by atoms with E-state index in [1.54, 1.807) is 0 Å². The van der Waals surface area contributed by atoms with Crippen molar-refractivity contribution in [2.75, 3.05) is 5.32 Å². The third-order valence-corrected chi connectivity index (χ3v) is 2.85. The van der Waals surface area contributed by atoms with Crippen molar-refractivity contribution < 1.29 is 0 Å². The van der Waals surface area contributed by atoms with Crippen LogP contribution in [0.25, 0.3) is 0 Å². The van der Waals surface area contributed by atoms with Gasteiger partial charge in [-0.3, -0.25) is 0 Å². The van der Waals surface area contributed by atoms with E-state index in [-0.39, 0.29) is 6.04 Å². The zero-order valence-corrected chi connectivity index (χ0v) is 10.6. The number of nitrogens with one attached hydrogen (secondary N) is 1. The molecule has 2 heteroatoms. The van der Waals surface area contributed by atoms with E-state index < -0.39 is 0 Å². The lowest BCUT2D eigenvalue weighted by Gasteiger charge is -2.15. The van der Waals surface area contributed by atoms with Crippen LogP contribution < -0.4 is 5.32 Å². The highest BCUT2D eigenvalue weighted by atomic mass is 15.0. The Kier molecular flexibility index (Phi) is 3.43. The maximum absolute atomic E-state index is 4.35. The molecule has 0 fully saturated rings. The number of nitrogens with zero attached hydrogens (tertiary/aromatic N) is 1. The molecule has 0 radical (unpaired) electrons. The van der Waals surface area contributed by atoms with Gasteiger partial charge >= 0.3 is 0 Å². The van der Waals surface area contributed by atoms with Gasteiger partial charge in [0, 0.05) is 12.2 Å². The first-order chi connectivity index (χ1) is 8.15. The summed E-state index contributed by atoms with van der Waals surface area (Å²) >= 11 is 0. The number of hydrogen-bond donors (Lipinski definition) is 1. The molecule has 0 saturated carbocycles. The predicted molar refractivity (Wildman–Crippen MR) is 72.2 cm³/mol. The van der Waals surface area contributed by atoms with Crippen LogP contribution in [0.1, 0.15) is 29.7 Å². The van der Waals surface area contributed by atoms with Crippen molar-refractivity contribution in [1.29, 1.82) is 0 Å². The molecule has 0 aliphatic heterocycles. The zero-order chi connectivity index (χ0) is 12.3. The molecule has 0 spiro atoms. The third kappa shape index (κ3) is 3.06. The van der Waals surface area contributed by atoms with Crippen LogP contribution in [0.2, 0.25) is 0 Å². The second-order valence-electron chi connectivity index (χ2n) is 4.50. The van der Waals surface area contributed by atoms with Crippen LogP contribution in [0.15, 0.2) is 42.6 Å². The summed E-state index contributed by atoms with van der Waals surface area (Å²) in [7, 11) is 0. The summed E-state index contributed by atoms with van der Waals surface area (Å²) < 4.78 is 0. The monoisotopic (exact) mass is 226 g/mol. The summed E-state index contributed by atoms with van der Waals surface area (Å²) in [6.07, 6.45) is 1.88. The van der Waals surface area contributed by atoms with Gasteiger partial charge in [0.1, 0.15) is 5.82 Å². The Labute approximate surface area is 103 Å². The third-order valence-electron chi connectivity index (χ3n) is 2.85. The van der Waals surface area contributed by atoms with E-state index in [2.05, 4.69) is 54.5 Å². The fourth-order valence-corrected chi connectivity index (χ4v) is 1.71. The van der Waals surface area contributed by atoms with Crippen LogP contribution in [0.3, 0.4) is 0 Å². The summed E-state index contributed by atoms with van der Waals surface area (Å²) in [6.45, 7) is 6.29. The molecule has 0 saturated heterocycles. The highest BCUT2D eigenvalue weighted by Crippen LogP contribution is 2.18. The molecular weight excluding hydrogens is 208 g/mol.